The van der Waals surface area contributed by atoms with Crippen molar-refractivity contribution in [1.29, 1.82) is 0 Å². The van der Waals surface area contributed by atoms with Crippen LogP contribution in [0.25, 0.3) is 0 Å². The van der Waals surface area contributed by atoms with E-state index in [1.165, 1.54) is 176 Å². The molecule has 97 heavy (non-hydrogen) atoms. The van der Waals surface area contributed by atoms with E-state index >= 15 is 0 Å². The Kier molecular flexibility index (Phi) is 51.0. The molecule has 0 unspecified atom stereocenters. The number of benzene rings is 4. The summed E-state index contributed by atoms with van der Waals surface area (Å²) in [4.78, 5) is 91.8. The van der Waals surface area contributed by atoms with Gasteiger partial charge in [-0.2, -0.15) is 57.2 Å². The highest BCUT2D eigenvalue weighted by Gasteiger charge is 2.51. The molecule has 0 atom stereocenters. The largest absolute Gasteiger partial charge is 0.406 e. The summed E-state index contributed by atoms with van der Waals surface area (Å²) in [5.74, 6) is 0. The predicted molar refractivity (Wildman–Crippen MR) is 415 cm³/mol. The van der Waals surface area contributed by atoms with Gasteiger partial charge in [-0.25, -0.2) is 0 Å². The van der Waals surface area contributed by atoms with Gasteiger partial charge in [0.1, 0.15) is 51.1 Å². The number of aryl methyl sites for hydroxylation is 4. The van der Waals surface area contributed by atoms with Crippen molar-refractivity contribution in [3.63, 3.8) is 0 Å². The van der Waals surface area contributed by atoms with Crippen molar-refractivity contribution >= 4 is 31.8 Å². The summed E-state index contributed by atoms with van der Waals surface area (Å²) in [6.07, 6.45) is 52.4. The molecule has 0 aliphatic rings. The number of unbranched alkanes of at least 4 members (excludes halogenated alkanes) is 40. The topological polar surface area (TPSA) is 199 Å². The average Bonchev–Trinajstić information content (AvgIpc) is 0.885. The summed E-state index contributed by atoms with van der Waals surface area (Å²) >= 11 is 0. The monoisotopic (exact) mass is 1430 g/mol. The molecule has 12 nitrogen and oxygen atoms in total. The fourth-order valence-electron chi connectivity index (χ4n) is 13.0. The van der Waals surface area contributed by atoms with Crippen molar-refractivity contribution in [2.24, 2.45) is 5.41 Å². The van der Waals surface area contributed by atoms with Crippen LogP contribution >= 0.6 is 31.8 Å². The molecule has 0 spiro atoms. The Labute approximate surface area is 594 Å². The Morgan fingerprint density at radius 1 is 0.186 bits per heavy atom. The summed E-state index contributed by atoms with van der Waals surface area (Å²) < 4.78 is 24.1. The van der Waals surface area contributed by atoms with E-state index in [-0.39, 0.29) is 24.6 Å². The second-order valence-corrected chi connectivity index (χ2v) is 36.8. The van der Waals surface area contributed by atoms with Crippen LogP contribution in [0.4, 0.5) is 0 Å². The van der Waals surface area contributed by atoms with Gasteiger partial charge >= 0.3 is 31.8 Å². The SMILES string of the molecule is O[P+](O)(CCCCCCCCCCCCCc1ccccc1)OCC(CO[P+](O)(O)CCCCCCCCCCCCCc1ccccc1)(CO[P+](O)(O)CCCCCCCCCCCCCc1ccccc1)CO[P+](O)(O)CCCCCCCCCCCCCc1ccccc1. The molecule has 4 aromatic carbocycles. The van der Waals surface area contributed by atoms with Crippen LogP contribution in [-0.4, -0.2) is 90.2 Å². The third-order valence-electron chi connectivity index (χ3n) is 19.3. The lowest BCUT2D eigenvalue weighted by molar-refractivity contribution is -0.0227. The standard InChI is InChI=1S/C81H140O12P4/c82-94(83,69-53-33-25-17-9-1-5-13-21-29-41-57-77-61-45-37-46-62-77)90-73-81(74-91-95(84,85)70-54-34-26-18-10-2-6-14-22-30-42-58-78-63-47-38-48-64-78,75-92-96(86,87)71-55-35-27-19-11-3-7-15-23-31-43-59-79-65-49-39-50-66-79)76-93-97(88,89)72-56-36-28-20-12-4-8-16-24-32-44-60-80-67-51-40-52-68-80/h37-40,45-52,61-68,82-89H,1-36,41-44,53-60,69-76H2/q+4. The summed E-state index contributed by atoms with van der Waals surface area (Å²) in [5, 5.41) is 0. The third-order valence-corrected chi connectivity index (χ3v) is 25.1. The zero-order valence-corrected chi connectivity index (χ0v) is 64.2. The molecule has 0 aromatic heterocycles. The molecule has 4 rings (SSSR count). The minimum Gasteiger partial charge on any atom is -0.193 e. The zero-order valence-electron chi connectivity index (χ0n) is 60.6. The molecule has 0 heterocycles. The first-order valence-electron chi connectivity index (χ1n) is 39.2. The van der Waals surface area contributed by atoms with Crippen LogP contribution < -0.4 is 0 Å². The Bertz CT molecular complexity index is 2040. The van der Waals surface area contributed by atoms with E-state index in [9.17, 15) is 39.1 Å². The van der Waals surface area contributed by atoms with Crippen molar-refractivity contribution in [2.45, 2.75) is 308 Å². The van der Waals surface area contributed by atoms with Crippen molar-refractivity contribution in [3.8, 4) is 0 Å². The normalized spacial score (nSPS) is 12.5. The van der Waals surface area contributed by atoms with Gasteiger partial charge in [-0.15, -0.1) is 0 Å². The Balaban J connectivity index is 1.28. The molecule has 0 aliphatic heterocycles. The van der Waals surface area contributed by atoms with Crippen LogP contribution in [0.2, 0.25) is 0 Å². The first-order valence-corrected chi connectivity index (χ1v) is 46.4. The van der Waals surface area contributed by atoms with Gasteiger partial charge in [0.15, 0.2) is 0 Å². The molecule has 4 aromatic rings. The first kappa shape index (κ1) is 87.5. The minimum absolute atomic E-state index is 0.0129. The quantitative estimate of drug-likeness (QED) is 0.0154. The summed E-state index contributed by atoms with van der Waals surface area (Å²) in [5.41, 5.74) is 4.03. The van der Waals surface area contributed by atoms with Gasteiger partial charge in [0.2, 0.25) is 0 Å². The van der Waals surface area contributed by atoms with Crippen LogP contribution in [0.15, 0.2) is 121 Å². The number of hydrogen-bond acceptors (Lipinski definition) is 12. The molecule has 0 amide bonds. The molecule has 0 fully saturated rings. The first-order chi connectivity index (χ1) is 47.1. The van der Waals surface area contributed by atoms with Gasteiger partial charge < -0.3 is 0 Å². The Hall–Kier alpha value is -1.88. The highest BCUT2D eigenvalue weighted by molar-refractivity contribution is 7.60. The smallest absolute Gasteiger partial charge is 0.193 e. The lowest BCUT2D eigenvalue weighted by atomic mass is 9.93. The fourth-order valence-corrected chi connectivity index (χ4v) is 18.0. The van der Waals surface area contributed by atoms with E-state index in [0.717, 1.165) is 128 Å². The zero-order chi connectivity index (χ0) is 69.4. The average molecular weight is 1430 g/mol. The second-order valence-electron chi connectivity index (χ2n) is 28.6. The van der Waals surface area contributed by atoms with E-state index in [0.29, 0.717) is 25.7 Å². The molecule has 0 saturated heterocycles. The number of hydrogen-bond donors (Lipinski definition) is 8. The third kappa shape index (κ3) is 50.2. The highest BCUT2D eigenvalue weighted by atomic mass is 31.2. The van der Waals surface area contributed by atoms with Crippen LogP contribution in [0.3, 0.4) is 0 Å². The van der Waals surface area contributed by atoms with Crippen molar-refractivity contribution < 1.29 is 57.2 Å². The molecular formula is C81H140O12P4+4. The predicted octanol–water partition coefficient (Wildman–Crippen LogP) is 23.2. The van der Waals surface area contributed by atoms with E-state index in [1.54, 1.807) is 0 Å². The molecule has 0 aliphatic carbocycles. The summed E-state index contributed by atoms with van der Waals surface area (Å²) in [7, 11) is -16.0. The van der Waals surface area contributed by atoms with E-state index in [2.05, 4.69) is 121 Å². The van der Waals surface area contributed by atoms with Gasteiger partial charge in [0.25, 0.3) is 0 Å². The maximum absolute atomic E-state index is 11.5. The van der Waals surface area contributed by atoms with Crippen LogP contribution in [0, 0.1) is 5.41 Å². The lowest BCUT2D eigenvalue weighted by Gasteiger charge is -2.31. The molecule has 16 heteroatoms. The maximum atomic E-state index is 11.5. The lowest BCUT2D eigenvalue weighted by Crippen LogP contribution is -2.42. The Morgan fingerprint density at radius 3 is 0.474 bits per heavy atom. The molecule has 0 saturated carbocycles. The van der Waals surface area contributed by atoms with Gasteiger partial charge in [-0.3, -0.25) is 0 Å². The maximum Gasteiger partial charge on any atom is 0.406 e. The van der Waals surface area contributed by atoms with Gasteiger partial charge in [0.05, 0.1) is 5.41 Å². The molecule has 0 bridgehead atoms. The van der Waals surface area contributed by atoms with Crippen LogP contribution in [0.1, 0.15) is 305 Å². The van der Waals surface area contributed by atoms with E-state index in [4.69, 9.17) is 18.1 Å². The van der Waals surface area contributed by atoms with Gasteiger partial charge in [0, 0.05) is 0 Å². The number of rotatable bonds is 68. The molecule has 552 valence electrons. The summed E-state index contributed by atoms with van der Waals surface area (Å²) in [6, 6.07) is 42.8. The van der Waals surface area contributed by atoms with Crippen molar-refractivity contribution in [3.05, 3.63) is 144 Å². The minimum atomic E-state index is -4.01. The van der Waals surface area contributed by atoms with Crippen LogP contribution in [-0.2, 0) is 43.8 Å². The fraction of sp³-hybridized carbons (Fsp3) is 0.704. The van der Waals surface area contributed by atoms with Gasteiger partial charge in [-0.05, 0) is 125 Å². The van der Waals surface area contributed by atoms with Crippen molar-refractivity contribution in [1.82, 2.24) is 0 Å². The summed E-state index contributed by atoms with van der Waals surface area (Å²) in [6.45, 7) is -1.96. The second kappa shape index (κ2) is 56.6. The van der Waals surface area contributed by atoms with E-state index in [1.807, 2.05) is 0 Å². The molecular weight excluding hydrogens is 1290 g/mol. The Morgan fingerprint density at radius 2 is 0.320 bits per heavy atom. The highest BCUT2D eigenvalue weighted by Crippen LogP contribution is 2.59. The molecule has 8 N–H and O–H groups in total. The van der Waals surface area contributed by atoms with Crippen LogP contribution in [0.5, 0.6) is 0 Å². The van der Waals surface area contributed by atoms with E-state index < -0.39 is 63.6 Å². The van der Waals surface area contributed by atoms with Crippen molar-refractivity contribution in [2.75, 3.05) is 51.1 Å². The van der Waals surface area contributed by atoms with Gasteiger partial charge in [-0.1, -0.05) is 327 Å². The molecule has 0 radical (unpaired) electrons.